The number of carboxylic acids is 1. The van der Waals surface area contributed by atoms with E-state index in [1.54, 1.807) is 24.3 Å². The number of hydrogen-bond acceptors (Lipinski definition) is 6. The number of carbonyl (C=O) groups is 2. The zero-order chi connectivity index (χ0) is 22.5. The van der Waals surface area contributed by atoms with E-state index in [-0.39, 0.29) is 29.9 Å². The van der Waals surface area contributed by atoms with Gasteiger partial charge in [-0.1, -0.05) is 12.1 Å². The molecule has 0 radical (unpaired) electrons. The Morgan fingerprint density at radius 3 is 2.29 bits per heavy atom. The van der Waals surface area contributed by atoms with E-state index < -0.39 is 35.1 Å². The van der Waals surface area contributed by atoms with E-state index in [9.17, 15) is 28.3 Å². The summed E-state index contributed by atoms with van der Waals surface area (Å²) in [5, 5.41) is 14.3. The molecular formula is C19H16F2N4O5S. The summed E-state index contributed by atoms with van der Waals surface area (Å²) in [5.41, 5.74) is -0.298. The molecule has 162 valence electrons. The number of aromatic nitrogens is 2. The summed E-state index contributed by atoms with van der Waals surface area (Å²) in [5.74, 6) is -5.08. The summed E-state index contributed by atoms with van der Waals surface area (Å²) in [7, 11) is 0. The number of hydrogen-bond donors (Lipinski definition) is 5. The predicted molar refractivity (Wildman–Crippen MR) is 109 cm³/mol. The molecule has 1 heterocycles. The van der Waals surface area contributed by atoms with Crippen molar-refractivity contribution in [3.63, 3.8) is 0 Å². The van der Waals surface area contributed by atoms with Gasteiger partial charge in [0.25, 0.3) is 11.5 Å². The van der Waals surface area contributed by atoms with Gasteiger partial charge in [0.15, 0.2) is 0 Å². The van der Waals surface area contributed by atoms with Gasteiger partial charge < -0.3 is 19.7 Å². The third kappa shape index (κ3) is 5.10. The fourth-order valence-electron chi connectivity index (χ4n) is 2.87. The molecule has 0 saturated heterocycles. The number of carboxylic acid groups (broad SMARTS) is 1. The highest BCUT2D eigenvalue weighted by molar-refractivity contribution is 7.95. The minimum Gasteiger partial charge on any atom is -0.480 e. The molecule has 0 saturated carbocycles. The van der Waals surface area contributed by atoms with Gasteiger partial charge in [-0.05, 0) is 29.8 Å². The number of rotatable bonds is 8. The second-order valence-electron chi connectivity index (χ2n) is 6.38. The normalized spacial score (nSPS) is 11.7. The number of carbonyl (C=O) groups excluding carboxylic acids is 1. The molecule has 0 aliphatic heterocycles. The number of halogens is 2. The van der Waals surface area contributed by atoms with Crippen LogP contribution in [-0.2, 0) is 11.2 Å². The molecule has 0 aliphatic carbocycles. The molecule has 0 fully saturated rings. The second-order valence-corrected chi connectivity index (χ2v) is 6.77. The van der Waals surface area contributed by atoms with Crippen LogP contribution in [0.3, 0.4) is 0 Å². The zero-order valence-electron chi connectivity index (χ0n) is 15.6. The van der Waals surface area contributed by atoms with Gasteiger partial charge in [0.05, 0.1) is 11.4 Å². The van der Waals surface area contributed by atoms with Crippen molar-refractivity contribution in [3.8, 4) is 5.69 Å². The van der Waals surface area contributed by atoms with Crippen molar-refractivity contribution in [1.82, 2.24) is 15.1 Å². The van der Waals surface area contributed by atoms with E-state index in [4.69, 9.17) is 4.55 Å². The van der Waals surface area contributed by atoms with Gasteiger partial charge in [-0.2, -0.15) is 0 Å². The van der Waals surface area contributed by atoms with E-state index >= 15 is 0 Å². The number of aliphatic carboxylic acids is 1. The number of anilines is 1. The van der Waals surface area contributed by atoms with Gasteiger partial charge in [-0.15, -0.1) is 0 Å². The first-order valence-electron chi connectivity index (χ1n) is 8.75. The lowest BCUT2D eigenvalue weighted by molar-refractivity contribution is -0.139. The van der Waals surface area contributed by atoms with Crippen LogP contribution in [0.5, 0.6) is 0 Å². The highest BCUT2D eigenvalue weighted by atomic mass is 32.2. The van der Waals surface area contributed by atoms with E-state index in [0.717, 1.165) is 12.1 Å². The van der Waals surface area contributed by atoms with Crippen LogP contribution in [-0.4, -0.2) is 37.4 Å². The smallest absolute Gasteiger partial charge is 0.326 e. The molecule has 12 heteroatoms. The molecule has 5 N–H and O–H groups in total. The van der Waals surface area contributed by atoms with Crippen molar-refractivity contribution in [2.45, 2.75) is 12.5 Å². The molecule has 9 nitrogen and oxygen atoms in total. The van der Waals surface area contributed by atoms with Crippen LogP contribution in [0.2, 0.25) is 0 Å². The molecular weight excluding hydrogens is 434 g/mol. The second kappa shape index (κ2) is 9.45. The molecule has 31 heavy (non-hydrogen) atoms. The fraction of sp³-hybridized carbons (Fsp3) is 0.105. The first-order valence-corrected chi connectivity index (χ1v) is 9.52. The quantitative estimate of drug-likeness (QED) is 0.263. The average molecular weight is 450 g/mol. The van der Waals surface area contributed by atoms with Crippen LogP contribution in [0.15, 0.2) is 53.5 Å². The maximum absolute atomic E-state index is 14.2. The SMILES string of the molecule is O=C(N[C@@H](Cc1ccc(-n2[nH]ccc2=O)cc1)C(=O)O)c1c(F)cc(NSO)cc1F. The van der Waals surface area contributed by atoms with Crippen LogP contribution in [0.25, 0.3) is 5.69 Å². The Morgan fingerprint density at radius 1 is 1.13 bits per heavy atom. The van der Waals surface area contributed by atoms with Crippen LogP contribution >= 0.6 is 12.2 Å². The third-order valence-corrected chi connectivity index (χ3v) is 4.65. The van der Waals surface area contributed by atoms with E-state index in [2.05, 4.69) is 15.1 Å². The number of aromatic amines is 1. The lowest BCUT2D eigenvalue weighted by Gasteiger charge is -2.16. The molecule has 1 aromatic heterocycles. The summed E-state index contributed by atoms with van der Waals surface area (Å²) in [4.78, 5) is 35.6. The number of nitrogens with one attached hydrogen (secondary N) is 3. The molecule has 0 aliphatic rings. The summed E-state index contributed by atoms with van der Waals surface area (Å²) < 4.78 is 40.5. The molecule has 1 amide bonds. The van der Waals surface area contributed by atoms with Crippen LogP contribution in [0.1, 0.15) is 15.9 Å². The van der Waals surface area contributed by atoms with E-state index in [0.29, 0.717) is 11.3 Å². The van der Waals surface area contributed by atoms with Crippen molar-refractivity contribution in [3.05, 3.63) is 81.8 Å². The molecule has 0 bridgehead atoms. The Hall–Kier alpha value is -3.64. The van der Waals surface area contributed by atoms with Crippen molar-refractivity contribution in [1.29, 1.82) is 0 Å². The van der Waals surface area contributed by atoms with Gasteiger partial charge in [-0.25, -0.2) is 18.3 Å². The Kier molecular flexibility index (Phi) is 6.72. The van der Waals surface area contributed by atoms with E-state index in [1.165, 1.54) is 16.9 Å². The van der Waals surface area contributed by atoms with Crippen molar-refractivity contribution in [2.75, 3.05) is 4.72 Å². The van der Waals surface area contributed by atoms with Crippen molar-refractivity contribution in [2.24, 2.45) is 0 Å². The fourth-order valence-corrected chi connectivity index (χ4v) is 3.10. The first-order chi connectivity index (χ1) is 14.8. The predicted octanol–water partition coefficient (Wildman–Crippen LogP) is 2.40. The topological polar surface area (TPSA) is 136 Å². The van der Waals surface area contributed by atoms with Crippen LogP contribution in [0.4, 0.5) is 14.5 Å². The van der Waals surface area contributed by atoms with E-state index in [1.807, 2.05) is 0 Å². The molecule has 0 unspecified atom stereocenters. The van der Waals surface area contributed by atoms with Crippen LogP contribution in [0, 0.1) is 11.6 Å². The van der Waals surface area contributed by atoms with Gasteiger partial charge in [0.1, 0.15) is 35.5 Å². The number of amides is 1. The van der Waals surface area contributed by atoms with Gasteiger partial charge >= 0.3 is 5.97 Å². The summed E-state index contributed by atoms with van der Waals surface area (Å²) in [6.07, 6.45) is 1.31. The molecule has 3 aromatic rings. The van der Waals surface area contributed by atoms with Crippen molar-refractivity contribution >= 4 is 29.8 Å². The molecule has 1 atom stereocenters. The minimum atomic E-state index is -1.46. The van der Waals surface area contributed by atoms with Gasteiger partial charge in [0.2, 0.25) is 0 Å². The maximum atomic E-state index is 14.2. The number of H-pyrrole nitrogens is 1. The van der Waals surface area contributed by atoms with Gasteiger partial charge in [-0.3, -0.25) is 14.7 Å². The molecule has 3 rings (SSSR count). The van der Waals surface area contributed by atoms with Gasteiger partial charge in [0, 0.05) is 18.7 Å². The average Bonchev–Trinajstić information content (AvgIpc) is 3.13. The highest BCUT2D eigenvalue weighted by Gasteiger charge is 2.25. The Bertz CT molecular complexity index is 1140. The lowest BCUT2D eigenvalue weighted by Crippen LogP contribution is -2.43. The minimum absolute atomic E-state index is 0.116. The number of nitrogens with zero attached hydrogens (tertiary/aromatic N) is 1. The summed E-state index contributed by atoms with van der Waals surface area (Å²) >= 11 is 0.121. The molecule has 0 spiro atoms. The number of benzene rings is 2. The van der Waals surface area contributed by atoms with Crippen molar-refractivity contribution < 1.29 is 28.0 Å². The summed E-state index contributed by atoms with van der Waals surface area (Å²) in [6.45, 7) is 0. The zero-order valence-corrected chi connectivity index (χ0v) is 16.5. The van der Waals surface area contributed by atoms with Crippen LogP contribution < -0.4 is 15.6 Å². The third-order valence-electron chi connectivity index (χ3n) is 4.32. The highest BCUT2D eigenvalue weighted by Crippen LogP contribution is 2.21. The largest absolute Gasteiger partial charge is 0.480 e. The first kappa shape index (κ1) is 22.1. The monoisotopic (exact) mass is 450 g/mol. The standard InChI is InChI=1S/C19H16F2N4O5S/c20-13-8-11(24-31-30)9-14(21)17(13)18(27)23-15(19(28)29)7-10-1-3-12(4-2-10)25-16(26)5-6-22-25/h1-6,8-9,15,22,24,30H,7H2,(H,23,27)(H,28,29)/t15-/m0/s1. The molecule has 2 aromatic carbocycles. The lowest BCUT2D eigenvalue weighted by atomic mass is 10.0. The Labute approximate surface area is 178 Å². The Balaban J connectivity index is 1.76. The summed E-state index contributed by atoms with van der Waals surface area (Å²) in [6, 6.07) is 7.76. The maximum Gasteiger partial charge on any atom is 0.326 e. The Morgan fingerprint density at radius 2 is 1.77 bits per heavy atom.